The Labute approximate surface area is 101 Å². The minimum Gasteiger partial charge on any atom is -0.386 e. The average Bonchev–Trinajstić information content (AvgIpc) is 2.31. The number of hydrogen-bond acceptors (Lipinski definition) is 3. The first-order valence-corrected chi connectivity index (χ1v) is 5.94. The highest BCUT2D eigenvalue weighted by atomic mass is 16.3. The Morgan fingerprint density at radius 2 is 2.06 bits per heavy atom. The van der Waals surface area contributed by atoms with E-state index in [0.29, 0.717) is 25.7 Å². The molecule has 3 heteroatoms. The summed E-state index contributed by atoms with van der Waals surface area (Å²) >= 11 is 0. The maximum atomic E-state index is 11.1. The largest absolute Gasteiger partial charge is 0.386 e. The van der Waals surface area contributed by atoms with E-state index in [1.165, 1.54) is 0 Å². The van der Waals surface area contributed by atoms with Gasteiger partial charge < -0.3 is 5.11 Å². The van der Waals surface area contributed by atoms with E-state index < -0.39 is 5.60 Å². The molecule has 0 aromatic carbocycles. The maximum absolute atomic E-state index is 11.1. The number of aromatic nitrogens is 1. The van der Waals surface area contributed by atoms with Crippen LogP contribution in [0.1, 0.15) is 37.1 Å². The van der Waals surface area contributed by atoms with Gasteiger partial charge in [-0.2, -0.15) is 0 Å². The van der Waals surface area contributed by atoms with Crippen molar-refractivity contribution >= 4 is 11.9 Å². The second-order valence-electron chi connectivity index (χ2n) is 4.68. The summed E-state index contributed by atoms with van der Waals surface area (Å²) < 4.78 is 0. The van der Waals surface area contributed by atoms with E-state index in [9.17, 15) is 9.90 Å². The summed E-state index contributed by atoms with van der Waals surface area (Å²) in [5, 5.41) is 10.3. The summed E-state index contributed by atoms with van der Waals surface area (Å²) in [4.78, 5) is 15.5. The molecule has 0 unspecified atom stereocenters. The van der Waals surface area contributed by atoms with E-state index in [2.05, 4.69) is 4.98 Å². The molecule has 1 aromatic heterocycles. The Kier molecular flexibility index (Phi) is 3.38. The smallest absolute Gasteiger partial charge is 0.133 e. The van der Waals surface area contributed by atoms with E-state index in [0.717, 1.165) is 11.4 Å². The lowest BCUT2D eigenvalue weighted by Crippen LogP contribution is -2.31. The number of aryl methyl sites for hydroxylation is 1. The molecule has 2 rings (SSSR count). The van der Waals surface area contributed by atoms with Gasteiger partial charge in [0.1, 0.15) is 5.78 Å². The predicted molar refractivity (Wildman–Crippen MR) is 66.4 cm³/mol. The lowest BCUT2D eigenvalue weighted by atomic mass is 9.84. The quantitative estimate of drug-likeness (QED) is 0.849. The van der Waals surface area contributed by atoms with Crippen LogP contribution in [0.15, 0.2) is 24.3 Å². The van der Waals surface area contributed by atoms with Crippen LogP contribution < -0.4 is 0 Å². The summed E-state index contributed by atoms with van der Waals surface area (Å²) in [7, 11) is 0. The molecule has 0 saturated heterocycles. The van der Waals surface area contributed by atoms with Gasteiger partial charge in [0, 0.05) is 18.5 Å². The molecule has 0 spiro atoms. The molecular formula is C14H17NO2. The molecule has 1 heterocycles. The minimum absolute atomic E-state index is 0.247. The molecule has 0 bridgehead atoms. The van der Waals surface area contributed by atoms with Gasteiger partial charge in [-0.3, -0.25) is 9.78 Å². The highest BCUT2D eigenvalue weighted by molar-refractivity contribution is 5.79. The van der Waals surface area contributed by atoms with Crippen LogP contribution in [0.4, 0.5) is 0 Å². The summed E-state index contributed by atoms with van der Waals surface area (Å²) in [6, 6.07) is 5.78. The van der Waals surface area contributed by atoms with Crippen LogP contribution in [0.25, 0.3) is 6.08 Å². The Hall–Kier alpha value is -1.48. The Bertz CT molecular complexity index is 441. The zero-order valence-electron chi connectivity index (χ0n) is 10.0. The van der Waals surface area contributed by atoms with Crippen LogP contribution in [0, 0.1) is 6.92 Å². The molecule has 1 fully saturated rings. The third kappa shape index (κ3) is 3.24. The van der Waals surface area contributed by atoms with E-state index in [1.807, 2.05) is 31.2 Å². The molecule has 1 aliphatic rings. The first-order valence-electron chi connectivity index (χ1n) is 5.94. The first kappa shape index (κ1) is 12.0. The van der Waals surface area contributed by atoms with Crippen molar-refractivity contribution in [3.05, 3.63) is 35.7 Å². The first-order chi connectivity index (χ1) is 8.07. The minimum atomic E-state index is -0.834. The molecule has 0 radical (unpaired) electrons. The van der Waals surface area contributed by atoms with E-state index >= 15 is 0 Å². The van der Waals surface area contributed by atoms with Crippen molar-refractivity contribution in [2.24, 2.45) is 0 Å². The fourth-order valence-corrected chi connectivity index (χ4v) is 2.03. The van der Waals surface area contributed by atoms with Crippen molar-refractivity contribution in [2.75, 3.05) is 0 Å². The Morgan fingerprint density at radius 1 is 1.35 bits per heavy atom. The SMILES string of the molecule is Cc1cccc(/C=C/C2(O)CCC(=O)CC2)n1. The van der Waals surface area contributed by atoms with Gasteiger partial charge >= 0.3 is 0 Å². The molecule has 0 atom stereocenters. The van der Waals surface area contributed by atoms with Crippen LogP contribution >= 0.6 is 0 Å². The number of nitrogens with zero attached hydrogens (tertiary/aromatic N) is 1. The number of carbonyl (C=O) groups is 1. The van der Waals surface area contributed by atoms with Crippen LogP contribution in [-0.4, -0.2) is 21.5 Å². The lowest BCUT2D eigenvalue weighted by molar-refractivity contribution is -0.123. The van der Waals surface area contributed by atoms with Crippen LogP contribution in [0.3, 0.4) is 0 Å². The molecule has 0 aliphatic heterocycles. The molecule has 1 aromatic rings. The summed E-state index contributed by atoms with van der Waals surface area (Å²) in [5.41, 5.74) is 0.965. The van der Waals surface area contributed by atoms with Crippen molar-refractivity contribution in [1.82, 2.24) is 4.98 Å². The zero-order valence-corrected chi connectivity index (χ0v) is 10.0. The number of Topliss-reactive ketones (excluding diaryl/α,β-unsaturated/α-hetero) is 1. The third-order valence-electron chi connectivity index (χ3n) is 3.15. The second-order valence-corrected chi connectivity index (χ2v) is 4.68. The Balaban J connectivity index is 2.07. The second kappa shape index (κ2) is 4.80. The number of carbonyl (C=O) groups excluding carboxylic acids is 1. The highest BCUT2D eigenvalue weighted by Gasteiger charge is 2.29. The standard InChI is InChI=1S/C14H17NO2/c1-11-3-2-4-12(15-11)5-8-14(17)9-6-13(16)7-10-14/h2-5,8,17H,6-7,9-10H2,1H3/b8-5+. The number of aliphatic hydroxyl groups is 1. The number of rotatable bonds is 2. The third-order valence-corrected chi connectivity index (χ3v) is 3.15. The predicted octanol–water partition coefficient (Wildman–Crippen LogP) is 2.28. The van der Waals surface area contributed by atoms with Gasteiger partial charge in [0.2, 0.25) is 0 Å². The van der Waals surface area contributed by atoms with Gasteiger partial charge in [0.15, 0.2) is 0 Å². The van der Waals surface area contributed by atoms with Crippen molar-refractivity contribution in [2.45, 2.75) is 38.2 Å². The number of hydrogen-bond donors (Lipinski definition) is 1. The van der Waals surface area contributed by atoms with E-state index in [-0.39, 0.29) is 5.78 Å². The monoisotopic (exact) mass is 231 g/mol. The molecule has 1 aliphatic carbocycles. The molecule has 3 nitrogen and oxygen atoms in total. The molecule has 1 N–H and O–H groups in total. The Morgan fingerprint density at radius 3 is 2.71 bits per heavy atom. The van der Waals surface area contributed by atoms with Gasteiger partial charge in [-0.1, -0.05) is 12.1 Å². The van der Waals surface area contributed by atoms with Crippen molar-refractivity contribution in [3.63, 3.8) is 0 Å². The molecule has 1 saturated carbocycles. The normalized spacial score (nSPS) is 19.8. The van der Waals surface area contributed by atoms with Gasteiger partial charge in [-0.25, -0.2) is 0 Å². The van der Waals surface area contributed by atoms with Gasteiger partial charge in [-0.15, -0.1) is 0 Å². The topological polar surface area (TPSA) is 50.2 Å². The number of pyridine rings is 1. The van der Waals surface area contributed by atoms with E-state index in [1.54, 1.807) is 6.08 Å². The molecule has 90 valence electrons. The van der Waals surface area contributed by atoms with Crippen LogP contribution in [0.2, 0.25) is 0 Å². The van der Waals surface area contributed by atoms with Gasteiger partial charge in [0.05, 0.1) is 11.3 Å². The fourth-order valence-electron chi connectivity index (χ4n) is 2.03. The number of ketones is 1. The van der Waals surface area contributed by atoms with Crippen molar-refractivity contribution in [1.29, 1.82) is 0 Å². The molecular weight excluding hydrogens is 214 g/mol. The van der Waals surface area contributed by atoms with E-state index in [4.69, 9.17) is 0 Å². The molecule has 17 heavy (non-hydrogen) atoms. The lowest BCUT2D eigenvalue weighted by Gasteiger charge is -2.28. The zero-order chi connectivity index (χ0) is 12.3. The molecule has 0 amide bonds. The van der Waals surface area contributed by atoms with Crippen LogP contribution in [-0.2, 0) is 4.79 Å². The van der Waals surface area contributed by atoms with Crippen LogP contribution in [0.5, 0.6) is 0 Å². The fraction of sp³-hybridized carbons (Fsp3) is 0.429. The average molecular weight is 231 g/mol. The highest BCUT2D eigenvalue weighted by Crippen LogP contribution is 2.27. The summed E-state index contributed by atoms with van der Waals surface area (Å²) in [6.07, 6.45) is 5.61. The summed E-state index contributed by atoms with van der Waals surface area (Å²) in [6.45, 7) is 1.94. The maximum Gasteiger partial charge on any atom is 0.133 e. The van der Waals surface area contributed by atoms with Crippen molar-refractivity contribution < 1.29 is 9.90 Å². The summed E-state index contributed by atoms with van der Waals surface area (Å²) in [5.74, 6) is 0.247. The van der Waals surface area contributed by atoms with Gasteiger partial charge in [-0.05, 0) is 38.0 Å². The van der Waals surface area contributed by atoms with Crippen molar-refractivity contribution in [3.8, 4) is 0 Å². The van der Waals surface area contributed by atoms with Gasteiger partial charge in [0.25, 0.3) is 0 Å².